The van der Waals surface area contributed by atoms with Gasteiger partial charge < -0.3 is 13.6 Å². The molecule has 1 aliphatic carbocycles. The minimum atomic E-state index is -0.587. The van der Waals surface area contributed by atoms with Gasteiger partial charge in [0.1, 0.15) is 22.5 Å². The van der Waals surface area contributed by atoms with E-state index in [1.807, 2.05) is 54.6 Å². The van der Waals surface area contributed by atoms with E-state index in [2.05, 4.69) is 140 Å². The molecular weight excluding hydrogens is 737 g/mol. The summed E-state index contributed by atoms with van der Waals surface area (Å²) in [5.74, 6) is 2.84. The van der Waals surface area contributed by atoms with Crippen LogP contribution in [0.3, 0.4) is 0 Å². The summed E-state index contributed by atoms with van der Waals surface area (Å²) in [7, 11) is 0. The molecule has 11 aromatic rings. The van der Waals surface area contributed by atoms with E-state index in [1.54, 1.807) is 0 Å². The largest absolute Gasteiger partial charge is 0.457 e. The highest BCUT2D eigenvalue weighted by Crippen LogP contribution is 2.63. The normalized spacial score (nSPS) is 13.3. The van der Waals surface area contributed by atoms with Gasteiger partial charge in [0.05, 0.1) is 5.41 Å². The van der Waals surface area contributed by atoms with E-state index < -0.39 is 5.41 Å². The van der Waals surface area contributed by atoms with Crippen molar-refractivity contribution in [3.8, 4) is 67.8 Å². The second-order valence-corrected chi connectivity index (χ2v) is 15.7. The molecule has 0 atom stereocenters. The summed E-state index contributed by atoms with van der Waals surface area (Å²) in [6, 6.07) is 68.3. The highest BCUT2D eigenvalue weighted by atomic mass is 16.5. The molecule has 5 nitrogen and oxygen atoms in total. The van der Waals surface area contributed by atoms with Gasteiger partial charge in [-0.25, -0.2) is 9.97 Å². The van der Waals surface area contributed by atoms with Gasteiger partial charge in [0, 0.05) is 22.3 Å². The van der Waals surface area contributed by atoms with E-state index in [-0.39, 0.29) is 0 Å². The van der Waals surface area contributed by atoms with E-state index in [0.29, 0.717) is 11.8 Å². The number of nitrogens with zero attached hydrogens (tertiary/aromatic N) is 2. The average molecular weight is 769 g/mol. The smallest absolute Gasteiger partial charge is 0.227 e. The van der Waals surface area contributed by atoms with Crippen molar-refractivity contribution in [2.24, 2.45) is 0 Å². The number of ether oxygens (including phenoxy) is 1. The van der Waals surface area contributed by atoms with Crippen LogP contribution >= 0.6 is 0 Å². The highest BCUT2D eigenvalue weighted by Gasteiger charge is 2.51. The highest BCUT2D eigenvalue weighted by molar-refractivity contribution is 5.98. The Morgan fingerprint density at radius 3 is 1.48 bits per heavy atom. The molecule has 0 amide bonds. The lowest BCUT2D eigenvalue weighted by Gasteiger charge is -2.39. The second-order valence-electron chi connectivity index (χ2n) is 15.7. The second kappa shape index (κ2) is 12.5. The van der Waals surface area contributed by atoms with Crippen LogP contribution in [0.1, 0.15) is 22.3 Å². The lowest BCUT2D eigenvalue weighted by Crippen LogP contribution is -2.32. The fourth-order valence-corrected chi connectivity index (χ4v) is 9.67. The van der Waals surface area contributed by atoms with Gasteiger partial charge in [0.2, 0.25) is 11.8 Å². The van der Waals surface area contributed by atoms with Crippen LogP contribution in [0, 0.1) is 0 Å². The Balaban J connectivity index is 1.01. The molecule has 2 aliphatic rings. The standard InChI is InChI=1S/C55H32N2O3/c1-2-13-36-31-46-42(30-35(36)12-1)41-25-24-37(32-45(41)55(46)43-16-3-7-20-49(43)58-50-21-8-4-17-44(50)55)33-14-11-15-34(26-33)38-27-39(53-56-47-18-5-9-22-51(47)59-53)29-40(28-38)54-57-48-19-6-10-23-52(48)60-54/h1-32H. The molecule has 280 valence electrons. The van der Waals surface area contributed by atoms with E-state index in [4.69, 9.17) is 23.5 Å². The van der Waals surface area contributed by atoms with Crippen LogP contribution in [0.2, 0.25) is 0 Å². The first-order valence-corrected chi connectivity index (χ1v) is 20.2. The quantitative estimate of drug-likeness (QED) is 0.178. The Kier molecular flexibility index (Phi) is 6.87. The lowest BCUT2D eigenvalue weighted by molar-refractivity contribution is 0.436. The van der Waals surface area contributed by atoms with Gasteiger partial charge in [-0.05, 0) is 134 Å². The molecule has 9 aromatic carbocycles. The number of para-hydroxylation sites is 6. The Hall–Kier alpha value is -8.02. The van der Waals surface area contributed by atoms with Crippen molar-refractivity contribution in [1.82, 2.24) is 9.97 Å². The van der Waals surface area contributed by atoms with E-state index in [0.717, 1.165) is 78.2 Å². The summed E-state index contributed by atoms with van der Waals surface area (Å²) in [6.45, 7) is 0. The molecule has 0 N–H and O–H groups in total. The summed E-state index contributed by atoms with van der Waals surface area (Å²) in [5, 5.41) is 2.44. The Bertz CT molecular complexity index is 3350. The molecule has 0 fully saturated rings. The summed E-state index contributed by atoms with van der Waals surface area (Å²) < 4.78 is 19.3. The third-order valence-corrected chi connectivity index (χ3v) is 12.3. The van der Waals surface area contributed by atoms with Gasteiger partial charge in [-0.15, -0.1) is 0 Å². The molecule has 0 saturated carbocycles. The zero-order valence-electron chi connectivity index (χ0n) is 32.1. The van der Waals surface area contributed by atoms with Crippen molar-refractivity contribution < 1.29 is 13.6 Å². The first-order chi connectivity index (χ1) is 29.7. The monoisotopic (exact) mass is 768 g/mol. The maximum Gasteiger partial charge on any atom is 0.227 e. The minimum absolute atomic E-state index is 0.541. The van der Waals surface area contributed by atoms with Crippen LogP contribution in [0.25, 0.3) is 89.3 Å². The fourth-order valence-electron chi connectivity index (χ4n) is 9.67. The molecule has 5 heteroatoms. The van der Waals surface area contributed by atoms with Crippen LogP contribution < -0.4 is 4.74 Å². The van der Waals surface area contributed by atoms with Crippen molar-refractivity contribution in [2.75, 3.05) is 0 Å². The lowest BCUT2D eigenvalue weighted by atomic mass is 9.65. The number of rotatable bonds is 4. The fraction of sp³-hybridized carbons (Fsp3) is 0.0182. The number of aromatic nitrogens is 2. The van der Waals surface area contributed by atoms with Crippen LogP contribution in [0.15, 0.2) is 203 Å². The van der Waals surface area contributed by atoms with E-state index in [1.165, 1.54) is 33.0 Å². The minimum Gasteiger partial charge on any atom is -0.457 e. The molecule has 3 heterocycles. The molecule has 0 bridgehead atoms. The zero-order valence-corrected chi connectivity index (χ0v) is 32.1. The molecule has 0 unspecified atom stereocenters. The molecular formula is C55H32N2O3. The van der Waals surface area contributed by atoms with Crippen molar-refractivity contribution in [3.63, 3.8) is 0 Å². The summed E-state index contributed by atoms with van der Waals surface area (Å²) in [6.07, 6.45) is 0. The molecule has 0 radical (unpaired) electrons. The van der Waals surface area contributed by atoms with Crippen LogP contribution in [-0.2, 0) is 5.41 Å². The van der Waals surface area contributed by atoms with Gasteiger partial charge >= 0.3 is 0 Å². The zero-order chi connectivity index (χ0) is 39.4. The van der Waals surface area contributed by atoms with Crippen molar-refractivity contribution in [3.05, 3.63) is 216 Å². The van der Waals surface area contributed by atoms with Crippen molar-refractivity contribution in [1.29, 1.82) is 0 Å². The van der Waals surface area contributed by atoms with E-state index >= 15 is 0 Å². The van der Waals surface area contributed by atoms with Crippen molar-refractivity contribution in [2.45, 2.75) is 5.41 Å². The number of fused-ring (bicyclic) bond motifs is 12. The number of benzene rings is 9. The van der Waals surface area contributed by atoms with Gasteiger partial charge in [0.15, 0.2) is 11.2 Å². The molecule has 13 rings (SSSR count). The van der Waals surface area contributed by atoms with Crippen LogP contribution in [0.5, 0.6) is 11.5 Å². The number of hydrogen-bond acceptors (Lipinski definition) is 5. The molecule has 2 aromatic heterocycles. The van der Waals surface area contributed by atoms with Gasteiger partial charge in [-0.1, -0.05) is 115 Å². The predicted molar refractivity (Wildman–Crippen MR) is 238 cm³/mol. The van der Waals surface area contributed by atoms with Gasteiger partial charge in [0.25, 0.3) is 0 Å². The summed E-state index contributed by atoms with van der Waals surface area (Å²) in [5.41, 5.74) is 15.8. The topological polar surface area (TPSA) is 61.3 Å². The molecule has 0 saturated heterocycles. The summed E-state index contributed by atoms with van der Waals surface area (Å²) in [4.78, 5) is 9.75. The number of hydrogen-bond donors (Lipinski definition) is 0. The first-order valence-electron chi connectivity index (χ1n) is 20.2. The maximum absolute atomic E-state index is 6.66. The Labute approximate surface area is 344 Å². The van der Waals surface area contributed by atoms with Crippen LogP contribution in [0.4, 0.5) is 0 Å². The van der Waals surface area contributed by atoms with Gasteiger partial charge in [-0.2, -0.15) is 0 Å². The number of oxazole rings is 2. The Morgan fingerprint density at radius 1 is 0.333 bits per heavy atom. The maximum atomic E-state index is 6.66. The van der Waals surface area contributed by atoms with Crippen molar-refractivity contribution >= 4 is 33.0 Å². The summed E-state index contributed by atoms with van der Waals surface area (Å²) >= 11 is 0. The average Bonchev–Trinajstić information content (AvgIpc) is 4.02. The molecule has 1 aliphatic heterocycles. The third kappa shape index (κ3) is 4.80. The Morgan fingerprint density at radius 2 is 0.833 bits per heavy atom. The molecule has 1 spiro atoms. The third-order valence-electron chi connectivity index (χ3n) is 12.3. The SMILES string of the molecule is c1cc(-c2cc(-c3nc4ccccc4o3)cc(-c3nc4ccccc4o3)c2)cc(-c2ccc3c(c2)C2(c4ccccc4Oc4ccccc42)c2cc4ccccc4cc2-3)c1. The predicted octanol–water partition coefficient (Wildman–Crippen LogP) is 14.3. The van der Waals surface area contributed by atoms with Gasteiger partial charge in [-0.3, -0.25) is 0 Å². The van der Waals surface area contributed by atoms with E-state index in [9.17, 15) is 0 Å². The first kappa shape index (κ1) is 33.0. The molecule has 60 heavy (non-hydrogen) atoms. The van der Waals surface area contributed by atoms with Crippen LogP contribution in [-0.4, -0.2) is 9.97 Å².